The van der Waals surface area contributed by atoms with Crippen LogP contribution in [0.2, 0.25) is 0 Å². The number of alkyl halides is 3. The molecule has 8 nitrogen and oxygen atoms in total. The third kappa shape index (κ3) is 4.58. The van der Waals surface area contributed by atoms with Crippen molar-refractivity contribution in [3.05, 3.63) is 29.1 Å². The van der Waals surface area contributed by atoms with Crippen LogP contribution in [0.15, 0.2) is 11.2 Å². The van der Waals surface area contributed by atoms with Crippen LogP contribution in [0.3, 0.4) is 0 Å². The maximum atomic E-state index is 13.1. The second-order valence-electron chi connectivity index (χ2n) is 6.51. The van der Waals surface area contributed by atoms with Gasteiger partial charge < -0.3 is 10.6 Å². The molecule has 3 rings (SSSR count). The van der Waals surface area contributed by atoms with Crippen molar-refractivity contribution in [2.24, 2.45) is 12.0 Å². The van der Waals surface area contributed by atoms with Crippen LogP contribution in [-0.2, 0) is 32.7 Å². The van der Waals surface area contributed by atoms with Gasteiger partial charge in [0.15, 0.2) is 11.7 Å². The van der Waals surface area contributed by atoms with Gasteiger partial charge in [-0.2, -0.15) is 23.4 Å². The number of nitrogens with zero attached hydrogens (tertiary/aromatic N) is 6. The summed E-state index contributed by atoms with van der Waals surface area (Å²) in [5.41, 5.74) is -0.856. The van der Waals surface area contributed by atoms with E-state index in [1.165, 1.54) is 13.2 Å². The highest BCUT2D eigenvalue weighted by atomic mass is 19.4. The van der Waals surface area contributed by atoms with Crippen LogP contribution in [0.1, 0.15) is 36.3 Å². The van der Waals surface area contributed by atoms with Gasteiger partial charge in [-0.05, 0) is 20.3 Å². The van der Waals surface area contributed by atoms with Crippen LogP contribution in [0.4, 0.5) is 13.2 Å². The lowest BCUT2D eigenvalue weighted by Crippen LogP contribution is -2.47. The molecule has 0 saturated heterocycles. The molecular formula is C16H23F3N8. The first-order chi connectivity index (χ1) is 12.8. The summed E-state index contributed by atoms with van der Waals surface area (Å²) in [5.74, 6) is 2.17. The third-order valence-electron chi connectivity index (χ3n) is 4.23. The van der Waals surface area contributed by atoms with Gasteiger partial charge in [-0.3, -0.25) is 4.68 Å². The molecule has 1 aliphatic heterocycles. The van der Waals surface area contributed by atoms with Gasteiger partial charge in [0.05, 0.1) is 13.1 Å². The van der Waals surface area contributed by atoms with Gasteiger partial charge in [-0.25, -0.2) is 14.7 Å². The topological polar surface area (TPSA) is 84.9 Å². The van der Waals surface area contributed by atoms with Crippen LogP contribution in [0, 0.1) is 6.92 Å². The highest BCUT2D eigenvalue weighted by Crippen LogP contribution is 2.30. The van der Waals surface area contributed by atoms with E-state index in [2.05, 4.69) is 30.8 Å². The number of halogens is 3. The molecule has 0 aromatic carbocycles. The smallest absolute Gasteiger partial charge is 0.357 e. The number of aromatic nitrogens is 5. The summed E-state index contributed by atoms with van der Waals surface area (Å²) in [6.45, 7) is 4.89. The lowest BCUT2D eigenvalue weighted by molar-refractivity contribution is -0.142. The SMILES string of the molecule is CCNC(=NCc1cn(C)nc1C(F)(F)F)NC1CCc2nc(C)nn2C1. The molecule has 27 heavy (non-hydrogen) atoms. The van der Waals surface area contributed by atoms with E-state index in [-0.39, 0.29) is 18.2 Å². The molecule has 2 N–H and O–H groups in total. The number of aryl methyl sites for hydroxylation is 3. The van der Waals surface area contributed by atoms with Crippen molar-refractivity contribution in [1.29, 1.82) is 0 Å². The zero-order chi connectivity index (χ0) is 19.6. The van der Waals surface area contributed by atoms with E-state index in [9.17, 15) is 13.2 Å². The summed E-state index contributed by atoms with van der Waals surface area (Å²) in [6.07, 6.45) is -1.51. The summed E-state index contributed by atoms with van der Waals surface area (Å²) in [5, 5.41) is 14.2. The Kier molecular flexibility index (Phi) is 5.38. The summed E-state index contributed by atoms with van der Waals surface area (Å²) >= 11 is 0. The first-order valence-corrected chi connectivity index (χ1v) is 8.81. The fourth-order valence-electron chi connectivity index (χ4n) is 3.12. The van der Waals surface area contributed by atoms with Crippen molar-refractivity contribution >= 4 is 5.96 Å². The molecule has 0 aliphatic carbocycles. The van der Waals surface area contributed by atoms with Crippen molar-refractivity contribution in [3.63, 3.8) is 0 Å². The minimum atomic E-state index is -4.50. The number of guanidine groups is 1. The Morgan fingerprint density at radius 1 is 1.37 bits per heavy atom. The molecule has 11 heteroatoms. The van der Waals surface area contributed by atoms with Crippen molar-refractivity contribution < 1.29 is 13.2 Å². The molecule has 0 spiro atoms. The Morgan fingerprint density at radius 2 is 2.15 bits per heavy atom. The zero-order valence-corrected chi connectivity index (χ0v) is 15.5. The van der Waals surface area contributed by atoms with Crippen LogP contribution >= 0.6 is 0 Å². The van der Waals surface area contributed by atoms with Crippen molar-refractivity contribution in [2.75, 3.05) is 6.54 Å². The van der Waals surface area contributed by atoms with Crippen LogP contribution < -0.4 is 10.6 Å². The molecule has 1 atom stereocenters. The van der Waals surface area contributed by atoms with Crippen LogP contribution in [0.25, 0.3) is 0 Å². The van der Waals surface area contributed by atoms with Gasteiger partial charge in [0.25, 0.3) is 0 Å². The molecule has 0 bridgehead atoms. The van der Waals surface area contributed by atoms with Gasteiger partial charge in [-0.15, -0.1) is 0 Å². The highest BCUT2D eigenvalue weighted by Gasteiger charge is 2.36. The summed E-state index contributed by atoms with van der Waals surface area (Å²) in [6, 6.07) is 0.0763. The van der Waals surface area contributed by atoms with Crippen molar-refractivity contribution in [3.8, 4) is 0 Å². The zero-order valence-electron chi connectivity index (χ0n) is 15.5. The first-order valence-electron chi connectivity index (χ1n) is 8.81. The molecule has 1 unspecified atom stereocenters. The normalized spacial score (nSPS) is 17.7. The number of rotatable bonds is 4. The largest absolute Gasteiger partial charge is 0.435 e. The van der Waals surface area contributed by atoms with E-state index in [0.717, 1.165) is 29.2 Å². The molecule has 0 fully saturated rings. The molecule has 2 aromatic rings. The molecule has 0 amide bonds. The minimum absolute atomic E-state index is 0.0417. The molecular weight excluding hydrogens is 361 g/mol. The van der Waals surface area contributed by atoms with Crippen LogP contribution in [0.5, 0.6) is 0 Å². The summed E-state index contributed by atoms with van der Waals surface area (Å²) in [4.78, 5) is 8.70. The fraction of sp³-hybridized carbons (Fsp3) is 0.625. The van der Waals surface area contributed by atoms with Crippen molar-refractivity contribution in [2.45, 2.75) is 52.0 Å². The molecule has 1 aliphatic rings. The lowest BCUT2D eigenvalue weighted by atomic mass is 10.1. The molecule has 0 saturated carbocycles. The quantitative estimate of drug-likeness (QED) is 0.615. The van der Waals surface area contributed by atoms with Crippen molar-refractivity contribution in [1.82, 2.24) is 35.2 Å². The summed E-state index contributed by atoms with van der Waals surface area (Å²) < 4.78 is 42.3. The van der Waals surface area contributed by atoms with Gasteiger partial charge in [0.2, 0.25) is 0 Å². The molecule has 3 heterocycles. The van der Waals surface area contributed by atoms with Crippen LogP contribution in [-0.4, -0.2) is 43.1 Å². The maximum absolute atomic E-state index is 13.1. The first kappa shape index (κ1) is 19.2. The van der Waals surface area contributed by atoms with E-state index in [0.29, 0.717) is 19.0 Å². The Hall–Kier alpha value is -2.59. The van der Waals surface area contributed by atoms with E-state index in [4.69, 9.17) is 0 Å². The van der Waals surface area contributed by atoms with Gasteiger partial charge in [0, 0.05) is 37.8 Å². The number of fused-ring (bicyclic) bond motifs is 1. The third-order valence-corrected chi connectivity index (χ3v) is 4.23. The Balaban J connectivity index is 1.71. The number of hydrogen-bond acceptors (Lipinski definition) is 4. The summed E-state index contributed by atoms with van der Waals surface area (Å²) in [7, 11) is 1.46. The maximum Gasteiger partial charge on any atom is 0.435 e. The average Bonchev–Trinajstić information content (AvgIpc) is 3.13. The lowest BCUT2D eigenvalue weighted by Gasteiger charge is -2.25. The van der Waals surface area contributed by atoms with Gasteiger partial charge in [0.1, 0.15) is 11.6 Å². The molecule has 0 radical (unpaired) electrons. The number of nitrogens with one attached hydrogen (secondary N) is 2. The Labute approximate surface area is 154 Å². The number of hydrogen-bond donors (Lipinski definition) is 2. The van der Waals surface area contributed by atoms with E-state index < -0.39 is 11.9 Å². The Bertz CT molecular complexity index is 820. The fourth-order valence-corrected chi connectivity index (χ4v) is 3.12. The second kappa shape index (κ2) is 7.57. The highest BCUT2D eigenvalue weighted by molar-refractivity contribution is 5.80. The van der Waals surface area contributed by atoms with Gasteiger partial charge >= 0.3 is 6.18 Å². The Morgan fingerprint density at radius 3 is 2.85 bits per heavy atom. The molecule has 2 aromatic heterocycles. The molecule has 148 valence electrons. The minimum Gasteiger partial charge on any atom is -0.357 e. The van der Waals surface area contributed by atoms with Gasteiger partial charge in [-0.1, -0.05) is 0 Å². The van der Waals surface area contributed by atoms with E-state index in [1.54, 1.807) is 0 Å². The van der Waals surface area contributed by atoms with E-state index >= 15 is 0 Å². The second-order valence-corrected chi connectivity index (χ2v) is 6.51. The predicted octanol–water partition coefficient (Wildman–Crippen LogP) is 1.41. The average molecular weight is 384 g/mol. The predicted molar refractivity (Wildman–Crippen MR) is 93.0 cm³/mol. The number of aliphatic imine (C=N–C) groups is 1. The monoisotopic (exact) mass is 384 g/mol. The van der Waals surface area contributed by atoms with E-state index in [1.807, 2.05) is 18.5 Å². The standard InChI is InChI=1S/C16H23F3N8/c1-4-20-15(21-7-11-8-26(3)25-14(11)16(17,18)19)23-12-5-6-13-22-10(2)24-27(13)9-12/h8,12H,4-7,9H2,1-3H3,(H2,20,21,23).